The van der Waals surface area contributed by atoms with Crippen LogP contribution in [0.25, 0.3) is 0 Å². The maximum Gasteiger partial charge on any atom is 0.173 e. The first-order chi connectivity index (χ1) is 9.26. The highest BCUT2D eigenvalue weighted by molar-refractivity contribution is 5.79. The molecule has 0 aliphatic heterocycles. The Bertz CT molecular complexity index is 581. The van der Waals surface area contributed by atoms with Crippen LogP contribution in [0, 0.1) is 5.82 Å². The van der Waals surface area contributed by atoms with Crippen molar-refractivity contribution in [2.45, 2.75) is 6.42 Å². The van der Waals surface area contributed by atoms with Gasteiger partial charge < -0.3 is 9.84 Å². The van der Waals surface area contributed by atoms with Gasteiger partial charge in [0.2, 0.25) is 0 Å². The topological polar surface area (TPSA) is 46.5 Å². The van der Waals surface area contributed by atoms with Gasteiger partial charge in [0, 0.05) is 6.61 Å². The first-order valence-corrected chi connectivity index (χ1v) is 5.86. The number of carbonyl (C=O) groups is 1. The molecule has 0 fully saturated rings. The molecule has 2 aromatic carbocycles. The van der Waals surface area contributed by atoms with Crippen molar-refractivity contribution < 1.29 is 19.0 Å². The van der Waals surface area contributed by atoms with Gasteiger partial charge in [0.15, 0.2) is 17.9 Å². The molecule has 0 unspecified atom stereocenters. The van der Waals surface area contributed by atoms with Crippen LogP contribution in [0.2, 0.25) is 0 Å². The minimum absolute atomic E-state index is 0.0296. The number of rotatable bonds is 5. The Morgan fingerprint density at radius 3 is 2.68 bits per heavy atom. The van der Waals surface area contributed by atoms with E-state index in [9.17, 15) is 9.18 Å². The molecule has 0 aliphatic carbocycles. The third kappa shape index (κ3) is 2.98. The summed E-state index contributed by atoms with van der Waals surface area (Å²) in [6, 6.07) is 11.2. The Hall–Kier alpha value is -2.20. The number of carbonyl (C=O) groups excluding carboxylic acids is 1. The lowest BCUT2D eigenvalue weighted by Gasteiger charge is -2.12. The lowest BCUT2D eigenvalue weighted by Crippen LogP contribution is -1.98. The van der Waals surface area contributed by atoms with Crippen molar-refractivity contribution in [2.24, 2.45) is 0 Å². The van der Waals surface area contributed by atoms with Gasteiger partial charge in [-0.15, -0.1) is 0 Å². The molecule has 0 saturated carbocycles. The van der Waals surface area contributed by atoms with Crippen molar-refractivity contribution in [1.29, 1.82) is 0 Å². The van der Waals surface area contributed by atoms with Crippen molar-refractivity contribution in [1.82, 2.24) is 0 Å². The van der Waals surface area contributed by atoms with Crippen LogP contribution >= 0.6 is 0 Å². The van der Waals surface area contributed by atoms with E-state index in [-0.39, 0.29) is 17.9 Å². The van der Waals surface area contributed by atoms with E-state index in [1.807, 2.05) is 0 Å². The highest BCUT2D eigenvalue weighted by atomic mass is 19.1. The molecule has 0 radical (unpaired) electrons. The zero-order valence-electron chi connectivity index (χ0n) is 10.2. The summed E-state index contributed by atoms with van der Waals surface area (Å²) in [5, 5.41) is 8.98. The zero-order valence-corrected chi connectivity index (χ0v) is 10.2. The molecule has 0 aliphatic rings. The van der Waals surface area contributed by atoms with E-state index in [1.54, 1.807) is 24.3 Å². The molecule has 19 heavy (non-hydrogen) atoms. The summed E-state index contributed by atoms with van der Waals surface area (Å²) in [6.07, 6.45) is 0.952. The second-order valence-electron chi connectivity index (χ2n) is 3.96. The molecular formula is C15H13FO3. The third-order valence-corrected chi connectivity index (χ3v) is 2.69. The molecule has 0 bridgehead atoms. The van der Waals surface area contributed by atoms with Gasteiger partial charge in [0.25, 0.3) is 0 Å². The monoisotopic (exact) mass is 260 g/mol. The molecule has 1 N–H and O–H groups in total. The van der Waals surface area contributed by atoms with Crippen LogP contribution in [0.15, 0.2) is 42.5 Å². The summed E-state index contributed by atoms with van der Waals surface area (Å²) in [6.45, 7) is -0.0296. The predicted octanol–water partition coefficient (Wildman–Crippen LogP) is 2.97. The zero-order chi connectivity index (χ0) is 13.7. The summed E-state index contributed by atoms with van der Waals surface area (Å²) >= 11 is 0. The molecule has 2 rings (SSSR count). The molecule has 4 heteroatoms. The molecule has 2 aromatic rings. The highest BCUT2D eigenvalue weighted by Crippen LogP contribution is 2.30. The van der Waals surface area contributed by atoms with E-state index in [4.69, 9.17) is 9.84 Å². The third-order valence-electron chi connectivity index (χ3n) is 2.69. The Balaban J connectivity index is 2.39. The second kappa shape index (κ2) is 6.11. The van der Waals surface area contributed by atoms with E-state index in [0.29, 0.717) is 18.5 Å². The maximum absolute atomic E-state index is 13.7. The van der Waals surface area contributed by atoms with Crippen molar-refractivity contribution in [2.75, 3.05) is 6.61 Å². The van der Waals surface area contributed by atoms with Gasteiger partial charge in [0.1, 0.15) is 5.75 Å². The van der Waals surface area contributed by atoms with E-state index in [1.165, 1.54) is 18.2 Å². The lowest BCUT2D eigenvalue weighted by molar-refractivity contribution is 0.112. The van der Waals surface area contributed by atoms with Crippen LogP contribution in [0.3, 0.4) is 0 Å². The summed E-state index contributed by atoms with van der Waals surface area (Å²) < 4.78 is 19.2. The smallest absolute Gasteiger partial charge is 0.173 e. The number of aliphatic hydroxyl groups is 1. The number of ether oxygens (including phenoxy) is 1. The van der Waals surface area contributed by atoms with Crippen molar-refractivity contribution in [3.05, 3.63) is 59.4 Å². The van der Waals surface area contributed by atoms with Crippen LogP contribution < -0.4 is 4.74 Å². The number of aliphatic hydroxyl groups excluding tert-OH is 1. The molecule has 0 heterocycles. The second-order valence-corrected chi connectivity index (χ2v) is 3.96. The quantitative estimate of drug-likeness (QED) is 0.841. The van der Waals surface area contributed by atoms with Gasteiger partial charge in [-0.05, 0) is 30.2 Å². The summed E-state index contributed by atoms with van der Waals surface area (Å²) in [5.41, 5.74) is 0.906. The van der Waals surface area contributed by atoms with Gasteiger partial charge in [-0.25, -0.2) is 4.39 Å². The number of halogens is 1. The average Bonchev–Trinajstić information content (AvgIpc) is 2.43. The Kier molecular flexibility index (Phi) is 4.26. The summed E-state index contributed by atoms with van der Waals surface area (Å²) in [5.74, 6) is -0.254. The molecular weight excluding hydrogens is 247 g/mol. The van der Waals surface area contributed by atoms with Gasteiger partial charge in [-0.1, -0.05) is 24.3 Å². The maximum atomic E-state index is 13.7. The Morgan fingerprint density at radius 2 is 1.95 bits per heavy atom. The van der Waals surface area contributed by atoms with E-state index < -0.39 is 5.82 Å². The van der Waals surface area contributed by atoms with Gasteiger partial charge >= 0.3 is 0 Å². The van der Waals surface area contributed by atoms with Gasteiger partial charge in [0.05, 0.1) is 5.56 Å². The highest BCUT2D eigenvalue weighted by Gasteiger charge is 2.12. The van der Waals surface area contributed by atoms with Crippen LogP contribution in [0.4, 0.5) is 4.39 Å². The van der Waals surface area contributed by atoms with Gasteiger partial charge in [-0.2, -0.15) is 0 Å². The summed E-state index contributed by atoms with van der Waals surface area (Å²) in [4.78, 5) is 10.9. The van der Waals surface area contributed by atoms with E-state index in [0.717, 1.165) is 5.56 Å². The number of benzene rings is 2. The summed E-state index contributed by atoms with van der Waals surface area (Å²) in [7, 11) is 0. The predicted molar refractivity (Wildman–Crippen MR) is 69.1 cm³/mol. The minimum atomic E-state index is -0.594. The van der Waals surface area contributed by atoms with Crippen molar-refractivity contribution >= 4 is 6.29 Å². The number of hydrogen-bond acceptors (Lipinski definition) is 3. The molecule has 3 nitrogen and oxygen atoms in total. The Labute approximate surface area is 110 Å². The molecule has 0 amide bonds. The van der Waals surface area contributed by atoms with Crippen LogP contribution in [0.5, 0.6) is 11.5 Å². The minimum Gasteiger partial charge on any atom is -0.453 e. The number of aldehydes is 1. The normalized spacial score (nSPS) is 10.2. The number of hydrogen-bond donors (Lipinski definition) is 1. The van der Waals surface area contributed by atoms with Crippen molar-refractivity contribution in [3.8, 4) is 11.5 Å². The lowest BCUT2D eigenvalue weighted by atomic mass is 10.1. The molecule has 0 atom stereocenters. The van der Waals surface area contributed by atoms with E-state index in [2.05, 4.69) is 0 Å². The number of para-hydroxylation sites is 2. The van der Waals surface area contributed by atoms with Crippen LogP contribution in [0.1, 0.15) is 15.9 Å². The first kappa shape index (κ1) is 13.2. The average molecular weight is 260 g/mol. The molecule has 0 spiro atoms. The Morgan fingerprint density at radius 1 is 1.16 bits per heavy atom. The standard InChI is InChI=1S/C15H13FO3/c16-13-6-3-5-12(10-18)15(13)19-14-7-2-1-4-11(14)8-9-17/h1-7,10,17H,8-9H2. The first-order valence-electron chi connectivity index (χ1n) is 5.86. The van der Waals surface area contributed by atoms with Gasteiger partial charge in [-0.3, -0.25) is 4.79 Å². The fraction of sp³-hybridized carbons (Fsp3) is 0.133. The van der Waals surface area contributed by atoms with E-state index >= 15 is 0 Å². The molecule has 0 saturated heterocycles. The van der Waals surface area contributed by atoms with Crippen LogP contribution in [-0.2, 0) is 6.42 Å². The SMILES string of the molecule is O=Cc1cccc(F)c1Oc1ccccc1CCO. The fourth-order valence-corrected chi connectivity index (χ4v) is 1.77. The van der Waals surface area contributed by atoms with Crippen molar-refractivity contribution in [3.63, 3.8) is 0 Å². The molecule has 0 aromatic heterocycles. The fourth-order valence-electron chi connectivity index (χ4n) is 1.77. The largest absolute Gasteiger partial charge is 0.453 e. The van der Waals surface area contributed by atoms with Crippen LogP contribution in [-0.4, -0.2) is 18.0 Å². The molecule has 98 valence electrons.